The van der Waals surface area contributed by atoms with Crippen molar-refractivity contribution in [2.75, 3.05) is 31.6 Å². The van der Waals surface area contributed by atoms with Crippen LogP contribution in [0.4, 0.5) is 10.5 Å². The minimum absolute atomic E-state index is 0.00964. The SMILES string of the molecule is CCCNS(=O)(=O)c1ccc(NC(=O)N2CCCO[C@H](C)C2)cc1. The van der Waals surface area contributed by atoms with E-state index in [4.69, 9.17) is 4.74 Å². The molecule has 1 aromatic rings. The van der Waals surface area contributed by atoms with Crippen LogP contribution in [0.25, 0.3) is 0 Å². The van der Waals surface area contributed by atoms with Crippen LogP contribution in [0.1, 0.15) is 26.7 Å². The molecule has 0 saturated carbocycles. The predicted octanol–water partition coefficient (Wildman–Crippen LogP) is 2.02. The topological polar surface area (TPSA) is 87.7 Å². The second kappa shape index (κ2) is 8.46. The van der Waals surface area contributed by atoms with Crippen LogP contribution in [-0.4, -0.2) is 51.7 Å². The lowest BCUT2D eigenvalue weighted by Crippen LogP contribution is -2.38. The maximum Gasteiger partial charge on any atom is 0.321 e. The molecule has 0 radical (unpaired) electrons. The summed E-state index contributed by atoms with van der Waals surface area (Å²) in [6.07, 6.45) is 1.54. The first kappa shape index (κ1) is 18.7. The second-order valence-electron chi connectivity index (χ2n) is 5.83. The van der Waals surface area contributed by atoms with Crippen molar-refractivity contribution in [1.82, 2.24) is 9.62 Å². The zero-order valence-corrected chi connectivity index (χ0v) is 14.9. The summed E-state index contributed by atoms with van der Waals surface area (Å²) in [4.78, 5) is 14.2. The van der Waals surface area contributed by atoms with Crippen molar-refractivity contribution in [3.63, 3.8) is 0 Å². The van der Waals surface area contributed by atoms with E-state index in [1.165, 1.54) is 12.1 Å². The molecule has 1 atom stereocenters. The van der Waals surface area contributed by atoms with E-state index < -0.39 is 10.0 Å². The maximum absolute atomic E-state index is 12.3. The van der Waals surface area contributed by atoms with Crippen LogP contribution >= 0.6 is 0 Å². The Morgan fingerprint density at radius 3 is 2.71 bits per heavy atom. The van der Waals surface area contributed by atoms with Gasteiger partial charge < -0.3 is 15.0 Å². The first-order valence-corrected chi connectivity index (χ1v) is 9.68. The summed E-state index contributed by atoms with van der Waals surface area (Å²) >= 11 is 0. The highest BCUT2D eigenvalue weighted by Gasteiger charge is 2.20. The molecule has 0 spiro atoms. The lowest BCUT2D eigenvalue weighted by molar-refractivity contribution is 0.0718. The summed E-state index contributed by atoms with van der Waals surface area (Å²) in [5.74, 6) is 0. The molecule has 1 aliphatic rings. The first-order chi connectivity index (χ1) is 11.4. The smallest absolute Gasteiger partial charge is 0.321 e. The Morgan fingerprint density at radius 2 is 2.04 bits per heavy atom. The lowest BCUT2D eigenvalue weighted by Gasteiger charge is -2.22. The largest absolute Gasteiger partial charge is 0.377 e. The molecule has 24 heavy (non-hydrogen) atoms. The van der Waals surface area contributed by atoms with Crippen LogP contribution in [0.3, 0.4) is 0 Å². The molecule has 2 rings (SSSR count). The van der Waals surface area contributed by atoms with E-state index in [9.17, 15) is 13.2 Å². The van der Waals surface area contributed by atoms with Crippen molar-refractivity contribution in [3.05, 3.63) is 24.3 Å². The van der Waals surface area contributed by atoms with Crippen LogP contribution in [-0.2, 0) is 14.8 Å². The maximum atomic E-state index is 12.3. The minimum atomic E-state index is -3.49. The molecule has 8 heteroatoms. The van der Waals surface area contributed by atoms with Gasteiger partial charge in [0.25, 0.3) is 0 Å². The Bertz CT molecular complexity index is 646. The number of ether oxygens (including phenoxy) is 1. The third-order valence-corrected chi connectivity index (χ3v) is 5.17. The number of nitrogens with zero attached hydrogens (tertiary/aromatic N) is 1. The van der Waals surface area contributed by atoms with Gasteiger partial charge in [-0.3, -0.25) is 0 Å². The molecule has 1 aliphatic heterocycles. The average molecular weight is 355 g/mol. The standard InChI is InChI=1S/C16H25N3O4S/c1-3-9-17-24(21,22)15-7-5-14(6-8-15)18-16(20)19-10-4-11-23-13(2)12-19/h5-8,13,17H,3-4,9-12H2,1-2H3,(H,18,20)/t13-/m1/s1. The van der Waals surface area contributed by atoms with Crippen LogP contribution in [0, 0.1) is 0 Å². The molecular formula is C16H25N3O4S. The number of carbonyl (C=O) groups is 1. The van der Waals surface area contributed by atoms with Crippen molar-refractivity contribution in [2.24, 2.45) is 0 Å². The van der Waals surface area contributed by atoms with Gasteiger partial charge in [-0.2, -0.15) is 0 Å². The quantitative estimate of drug-likeness (QED) is 0.846. The highest BCUT2D eigenvalue weighted by atomic mass is 32.2. The zero-order valence-electron chi connectivity index (χ0n) is 14.1. The van der Waals surface area contributed by atoms with E-state index in [2.05, 4.69) is 10.0 Å². The number of hydrogen-bond donors (Lipinski definition) is 2. The Labute approximate surface area is 143 Å². The summed E-state index contributed by atoms with van der Waals surface area (Å²) in [5, 5.41) is 2.80. The minimum Gasteiger partial charge on any atom is -0.377 e. The Morgan fingerprint density at radius 1 is 1.33 bits per heavy atom. The van der Waals surface area contributed by atoms with Gasteiger partial charge in [0.1, 0.15) is 0 Å². The number of sulfonamides is 1. The van der Waals surface area contributed by atoms with E-state index >= 15 is 0 Å². The highest BCUT2D eigenvalue weighted by molar-refractivity contribution is 7.89. The molecule has 1 heterocycles. The molecule has 134 valence electrons. The summed E-state index contributed by atoms with van der Waals surface area (Å²) in [6.45, 7) is 6.07. The third kappa shape index (κ3) is 5.19. The monoisotopic (exact) mass is 355 g/mol. The molecule has 1 aromatic carbocycles. The fraction of sp³-hybridized carbons (Fsp3) is 0.562. The van der Waals surface area contributed by atoms with E-state index in [0.29, 0.717) is 31.9 Å². The van der Waals surface area contributed by atoms with Gasteiger partial charge in [0.05, 0.1) is 11.0 Å². The number of anilines is 1. The molecule has 0 unspecified atom stereocenters. The number of rotatable bonds is 5. The molecule has 7 nitrogen and oxygen atoms in total. The number of nitrogens with one attached hydrogen (secondary N) is 2. The molecular weight excluding hydrogens is 330 g/mol. The normalized spacial score (nSPS) is 18.9. The molecule has 1 fully saturated rings. The van der Waals surface area contributed by atoms with Gasteiger partial charge in [-0.05, 0) is 44.0 Å². The van der Waals surface area contributed by atoms with E-state index in [1.54, 1.807) is 17.0 Å². The number of amides is 2. The highest BCUT2D eigenvalue weighted by Crippen LogP contribution is 2.15. The molecule has 0 aromatic heterocycles. The first-order valence-electron chi connectivity index (χ1n) is 8.19. The fourth-order valence-corrected chi connectivity index (χ4v) is 3.55. The number of hydrogen-bond acceptors (Lipinski definition) is 4. The van der Waals surface area contributed by atoms with Gasteiger partial charge in [-0.1, -0.05) is 6.92 Å². The van der Waals surface area contributed by atoms with Gasteiger partial charge in [0.15, 0.2) is 0 Å². The van der Waals surface area contributed by atoms with Crippen LogP contribution < -0.4 is 10.0 Å². The summed E-state index contributed by atoms with van der Waals surface area (Å²) in [6, 6.07) is 5.96. The number of benzene rings is 1. The van der Waals surface area contributed by atoms with Gasteiger partial charge in [-0.15, -0.1) is 0 Å². The third-order valence-electron chi connectivity index (χ3n) is 3.70. The van der Waals surface area contributed by atoms with Crippen molar-refractivity contribution in [2.45, 2.75) is 37.7 Å². The fourth-order valence-electron chi connectivity index (χ4n) is 2.42. The average Bonchev–Trinajstić information content (AvgIpc) is 2.78. The van der Waals surface area contributed by atoms with Crippen molar-refractivity contribution in [3.8, 4) is 0 Å². The molecule has 2 N–H and O–H groups in total. The Balaban J connectivity index is 1.99. The van der Waals surface area contributed by atoms with Crippen molar-refractivity contribution < 1.29 is 17.9 Å². The summed E-state index contributed by atoms with van der Waals surface area (Å²) < 4.78 is 32.1. The second-order valence-corrected chi connectivity index (χ2v) is 7.60. The molecule has 0 aliphatic carbocycles. The van der Waals surface area contributed by atoms with Crippen LogP contribution in [0.5, 0.6) is 0 Å². The summed E-state index contributed by atoms with van der Waals surface area (Å²) in [5.41, 5.74) is 0.562. The molecule has 1 saturated heterocycles. The van der Waals surface area contributed by atoms with Gasteiger partial charge in [-0.25, -0.2) is 17.9 Å². The van der Waals surface area contributed by atoms with E-state index in [-0.39, 0.29) is 17.0 Å². The van der Waals surface area contributed by atoms with Gasteiger partial charge >= 0.3 is 6.03 Å². The number of urea groups is 1. The van der Waals surface area contributed by atoms with E-state index in [1.807, 2.05) is 13.8 Å². The van der Waals surface area contributed by atoms with Crippen molar-refractivity contribution >= 4 is 21.7 Å². The lowest BCUT2D eigenvalue weighted by atomic mass is 10.3. The Hall–Kier alpha value is -1.64. The van der Waals surface area contributed by atoms with Crippen molar-refractivity contribution in [1.29, 1.82) is 0 Å². The molecule has 0 bridgehead atoms. The number of carbonyl (C=O) groups excluding carboxylic acids is 1. The predicted molar refractivity (Wildman–Crippen MR) is 92.5 cm³/mol. The van der Waals surface area contributed by atoms with Crippen LogP contribution in [0.2, 0.25) is 0 Å². The van der Waals surface area contributed by atoms with Gasteiger partial charge in [0.2, 0.25) is 10.0 Å². The Kier molecular flexibility index (Phi) is 6.59. The van der Waals surface area contributed by atoms with E-state index in [0.717, 1.165) is 12.8 Å². The van der Waals surface area contributed by atoms with Crippen LogP contribution in [0.15, 0.2) is 29.2 Å². The summed E-state index contributed by atoms with van der Waals surface area (Å²) in [7, 11) is -3.49. The van der Waals surface area contributed by atoms with Gasteiger partial charge in [0, 0.05) is 31.9 Å². The zero-order chi connectivity index (χ0) is 17.6. The molecule has 2 amide bonds.